The third-order valence-electron chi connectivity index (χ3n) is 10.9. The van der Waals surface area contributed by atoms with Gasteiger partial charge >= 0.3 is 0 Å². The summed E-state index contributed by atoms with van der Waals surface area (Å²) >= 11 is 0. The van der Waals surface area contributed by atoms with Gasteiger partial charge in [0.15, 0.2) is 0 Å². The normalized spacial score (nSPS) is 13.5. The van der Waals surface area contributed by atoms with E-state index in [2.05, 4.69) is 79.9 Å². The van der Waals surface area contributed by atoms with Gasteiger partial charge in [-0.05, 0) is 70.6 Å². The molecule has 0 aliphatic heterocycles. The molecule has 0 bridgehead atoms. The molecule has 3 N–H and O–H groups in total. The molecule has 0 saturated heterocycles. The molecule has 0 aliphatic rings. The lowest BCUT2D eigenvalue weighted by Gasteiger charge is -2.19. The first-order valence-electron chi connectivity index (χ1n) is 24.7. The Morgan fingerprint density at radius 3 is 1.23 bits per heavy atom. The molecule has 4 nitrogen and oxygen atoms in total. The molecular weight excluding hydrogens is 699 g/mol. The average molecular weight is 794 g/mol. The first kappa shape index (κ1) is 54.8. The molecule has 2 unspecified atom stereocenters. The minimum atomic E-state index is -0.861. The van der Waals surface area contributed by atoms with Crippen LogP contribution in [0.2, 0.25) is 0 Å². The van der Waals surface area contributed by atoms with Gasteiger partial charge in [0.05, 0.1) is 18.8 Å². The van der Waals surface area contributed by atoms with Crippen LogP contribution in [0.3, 0.4) is 0 Å². The first-order valence-corrected chi connectivity index (χ1v) is 24.7. The van der Waals surface area contributed by atoms with Crippen molar-refractivity contribution >= 4 is 5.91 Å². The van der Waals surface area contributed by atoms with Crippen LogP contribution in [0.1, 0.15) is 239 Å². The number of rotatable bonds is 44. The van der Waals surface area contributed by atoms with Gasteiger partial charge < -0.3 is 15.5 Å². The average Bonchev–Trinajstić information content (AvgIpc) is 3.22. The van der Waals surface area contributed by atoms with E-state index in [1.807, 2.05) is 6.08 Å². The maximum Gasteiger partial charge on any atom is 0.220 e. The van der Waals surface area contributed by atoms with Crippen LogP contribution in [0.15, 0.2) is 72.9 Å². The van der Waals surface area contributed by atoms with E-state index < -0.39 is 12.1 Å². The molecule has 0 heterocycles. The molecule has 4 heteroatoms. The monoisotopic (exact) mass is 794 g/mol. The molecular formula is C53H95NO3. The Morgan fingerprint density at radius 1 is 0.439 bits per heavy atom. The second kappa shape index (κ2) is 48.2. The lowest BCUT2D eigenvalue weighted by Crippen LogP contribution is -2.45. The van der Waals surface area contributed by atoms with Crippen molar-refractivity contribution in [2.24, 2.45) is 0 Å². The highest BCUT2D eigenvalue weighted by Crippen LogP contribution is 2.16. The molecule has 0 saturated carbocycles. The molecule has 1 amide bonds. The van der Waals surface area contributed by atoms with E-state index in [0.29, 0.717) is 6.42 Å². The van der Waals surface area contributed by atoms with E-state index in [4.69, 9.17) is 0 Å². The summed E-state index contributed by atoms with van der Waals surface area (Å²) in [6.07, 6.45) is 69.0. The van der Waals surface area contributed by atoms with Gasteiger partial charge in [0.25, 0.3) is 0 Å². The van der Waals surface area contributed by atoms with Crippen molar-refractivity contribution in [3.05, 3.63) is 72.9 Å². The lowest BCUT2D eigenvalue weighted by atomic mass is 10.0. The molecule has 0 fully saturated rings. The van der Waals surface area contributed by atoms with Gasteiger partial charge in [-0.25, -0.2) is 0 Å². The predicted molar refractivity (Wildman–Crippen MR) is 253 cm³/mol. The number of carbonyl (C=O) groups excluding carboxylic acids is 1. The third-order valence-corrected chi connectivity index (χ3v) is 10.9. The number of carbonyl (C=O) groups is 1. The van der Waals surface area contributed by atoms with Crippen LogP contribution in [0.4, 0.5) is 0 Å². The van der Waals surface area contributed by atoms with Crippen LogP contribution >= 0.6 is 0 Å². The maximum absolute atomic E-state index is 12.4. The number of hydrogen-bond donors (Lipinski definition) is 3. The van der Waals surface area contributed by atoms with Crippen LogP contribution < -0.4 is 5.32 Å². The van der Waals surface area contributed by atoms with Crippen molar-refractivity contribution < 1.29 is 15.0 Å². The Labute approximate surface area is 355 Å². The molecule has 2 atom stereocenters. The Balaban J connectivity index is 3.47. The molecule has 0 aromatic carbocycles. The summed E-state index contributed by atoms with van der Waals surface area (Å²) in [7, 11) is 0. The van der Waals surface area contributed by atoms with Crippen molar-refractivity contribution in [2.45, 2.75) is 251 Å². The number of nitrogens with one attached hydrogen (secondary N) is 1. The van der Waals surface area contributed by atoms with Gasteiger partial charge in [0, 0.05) is 6.42 Å². The zero-order valence-corrected chi connectivity index (χ0v) is 37.8. The van der Waals surface area contributed by atoms with Crippen LogP contribution in [0.25, 0.3) is 0 Å². The topological polar surface area (TPSA) is 69.6 Å². The number of unbranched alkanes of at least 4 members (excludes halogenated alkanes) is 27. The molecule has 0 aromatic heterocycles. The second-order valence-electron chi connectivity index (χ2n) is 16.5. The Kier molecular flexibility index (Phi) is 46.4. The van der Waals surface area contributed by atoms with Crippen LogP contribution in [-0.4, -0.2) is 34.9 Å². The molecule has 330 valence electrons. The summed E-state index contributed by atoms with van der Waals surface area (Å²) in [5.41, 5.74) is 0. The summed E-state index contributed by atoms with van der Waals surface area (Å²) in [6.45, 7) is 4.17. The van der Waals surface area contributed by atoms with E-state index >= 15 is 0 Å². The fourth-order valence-corrected chi connectivity index (χ4v) is 7.19. The van der Waals surface area contributed by atoms with Crippen LogP contribution in [0.5, 0.6) is 0 Å². The van der Waals surface area contributed by atoms with E-state index in [0.717, 1.165) is 57.8 Å². The number of allylic oxidation sites excluding steroid dienone is 11. The van der Waals surface area contributed by atoms with E-state index in [1.54, 1.807) is 6.08 Å². The fraction of sp³-hybridized carbons (Fsp3) is 0.755. The first-order chi connectivity index (χ1) is 28.2. The summed E-state index contributed by atoms with van der Waals surface area (Å²) < 4.78 is 0. The van der Waals surface area contributed by atoms with Crippen molar-refractivity contribution in [1.82, 2.24) is 5.32 Å². The number of hydrogen-bond acceptors (Lipinski definition) is 3. The van der Waals surface area contributed by atoms with E-state index in [9.17, 15) is 15.0 Å². The quantitative estimate of drug-likeness (QED) is 0.0425. The van der Waals surface area contributed by atoms with Gasteiger partial charge in [0.1, 0.15) is 0 Å². The highest BCUT2D eigenvalue weighted by molar-refractivity contribution is 5.76. The van der Waals surface area contributed by atoms with Gasteiger partial charge in [-0.15, -0.1) is 0 Å². The van der Waals surface area contributed by atoms with Crippen molar-refractivity contribution in [3.63, 3.8) is 0 Å². The molecule has 0 aromatic rings. The number of amides is 1. The zero-order chi connectivity index (χ0) is 41.4. The SMILES string of the molecule is CC/C=C\C/C=C\C/C=C\C/C=C\CCCCCCCCCCCCCCCCCCCCCCC(=O)NC(CO)C(O)/C=C/CC/C=C/CCCCCCCC. The fourth-order valence-electron chi connectivity index (χ4n) is 7.19. The molecule has 0 rings (SSSR count). The van der Waals surface area contributed by atoms with Gasteiger partial charge in [-0.2, -0.15) is 0 Å². The maximum atomic E-state index is 12.4. The number of aliphatic hydroxyl groups is 2. The Morgan fingerprint density at radius 2 is 0.789 bits per heavy atom. The second-order valence-corrected chi connectivity index (χ2v) is 16.5. The predicted octanol–water partition coefficient (Wildman–Crippen LogP) is 15.9. The molecule has 0 radical (unpaired) electrons. The Bertz CT molecular complexity index is 992. The van der Waals surface area contributed by atoms with Gasteiger partial charge in [0.2, 0.25) is 5.91 Å². The van der Waals surface area contributed by atoms with Gasteiger partial charge in [-0.1, -0.05) is 234 Å². The lowest BCUT2D eigenvalue weighted by molar-refractivity contribution is -0.123. The summed E-state index contributed by atoms with van der Waals surface area (Å²) in [4.78, 5) is 12.4. The minimum absolute atomic E-state index is 0.0745. The molecule has 57 heavy (non-hydrogen) atoms. The summed E-state index contributed by atoms with van der Waals surface area (Å²) in [5, 5.41) is 23.0. The highest BCUT2D eigenvalue weighted by atomic mass is 16.3. The smallest absolute Gasteiger partial charge is 0.220 e. The van der Waals surface area contributed by atoms with Crippen LogP contribution in [-0.2, 0) is 4.79 Å². The zero-order valence-electron chi connectivity index (χ0n) is 37.8. The minimum Gasteiger partial charge on any atom is -0.394 e. The summed E-state index contributed by atoms with van der Waals surface area (Å²) in [5.74, 6) is -0.0745. The Hall–Kier alpha value is -2.17. The van der Waals surface area contributed by atoms with E-state index in [-0.39, 0.29) is 12.5 Å². The molecule has 0 aliphatic carbocycles. The largest absolute Gasteiger partial charge is 0.394 e. The number of aliphatic hydroxyl groups excluding tert-OH is 2. The van der Waals surface area contributed by atoms with Crippen molar-refractivity contribution in [2.75, 3.05) is 6.61 Å². The van der Waals surface area contributed by atoms with E-state index in [1.165, 1.54) is 161 Å². The molecule has 0 spiro atoms. The van der Waals surface area contributed by atoms with Gasteiger partial charge in [-0.3, -0.25) is 4.79 Å². The standard InChI is InChI=1S/C53H95NO3/c1-3-5-7-9-11-13-15-17-18-19-20-21-22-23-24-25-26-27-28-29-30-31-32-33-34-35-36-37-39-41-43-45-47-49-53(57)54-51(50-55)52(56)48-46-44-42-40-38-16-14-12-10-8-6-4-2/h5,7,11,13,17-18,20-21,38,40,46,48,51-52,55-56H,3-4,6,8-10,12,14-16,19,22-37,39,41-45,47,49-50H2,1-2H3,(H,54,57)/b7-5-,13-11-,18-17-,21-20-,40-38+,48-46+. The van der Waals surface area contributed by atoms with Crippen LogP contribution in [0, 0.1) is 0 Å². The van der Waals surface area contributed by atoms with Crippen molar-refractivity contribution in [3.8, 4) is 0 Å². The summed E-state index contributed by atoms with van der Waals surface area (Å²) in [6, 6.07) is -0.638. The van der Waals surface area contributed by atoms with Crippen molar-refractivity contribution in [1.29, 1.82) is 0 Å². The highest BCUT2D eigenvalue weighted by Gasteiger charge is 2.17. The third kappa shape index (κ3) is 44.8.